The lowest BCUT2D eigenvalue weighted by molar-refractivity contribution is -0.141. The van der Waals surface area contributed by atoms with Crippen LogP contribution in [0.15, 0.2) is 30.5 Å². The molecule has 1 fully saturated rings. The van der Waals surface area contributed by atoms with E-state index in [1.54, 1.807) is 6.20 Å². The monoisotopic (exact) mass is 339 g/mol. The van der Waals surface area contributed by atoms with E-state index in [9.17, 15) is 4.79 Å². The second-order valence-electron chi connectivity index (χ2n) is 6.38. The largest absolute Gasteiger partial charge is 0.377 e. The predicted molar refractivity (Wildman–Crippen MR) is 93.1 cm³/mol. The molecular weight excluding hydrogens is 318 g/mol. The highest BCUT2D eigenvalue weighted by molar-refractivity contribution is 5.81. The summed E-state index contributed by atoms with van der Waals surface area (Å²) in [5.41, 5.74) is 3.88. The molecule has 2 aromatic heterocycles. The van der Waals surface area contributed by atoms with E-state index in [1.807, 2.05) is 47.6 Å². The Labute approximate surface area is 145 Å². The van der Waals surface area contributed by atoms with Crippen LogP contribution in [0.2, 0.25) is 0 Å². The number of carbonyl (C=O) groups is 1. The van der Waals surface area contributed by atoms with Gasteiger partial charge in [-0.2, -0.15) is 5.10 Å². The first kappa shape index (κ1) is 15.8. The second kappa shape index (κ2) is 6.33. The number of nitrogens with zero attached hydrogens (tertiary/aromatic N) is 4. The van der Waals surface area contributed by atoms with Crippen LogP contribution in [0.1, 0.15) is 23.1 Å². The Morgan fingerprint density at radius 2 is 2.20 bits per heavy atom. The zero-order valence-corrected chi connectivity index (χ0v) is 14.4. The van der Waals surface area contributed by atoms with E-state index in [0.29, 0.717) is 19.8 Å². The first-order chi connectivity index (χ1) is 12.1. The summed E-state index contributed by atoms with van der Waals surface area (Å²) in [6, 6.07) is 7.77. The third-order valence-electron chi connectivity index (χ3n) is 4.79. The zero-order valence-electron chi connectivity index (χ0n) is 14.4. The number of para-hydroxylation sites is 2. The lowest BCUT2D eigenvalue weighted by Gasteiger charge is -2.35. The lowest BCUT2D eigenvalue weighted by atomic mass is 10.1. The number of H-pyrrole nitrogens is 1. The molecule has 1 N–H and O–H groups in total. The van der Waals surface area contributed by atoms with E-state index >= 15 is 0 Å². The maximum absolute atomic E-state index is 13.1. The quantitative estimate of drug-likeness (QED) is 0.792. The third-order valence-corrected chi connectivity index (χ3v) is 4.79. The number of hydrogen-bond acceptors (Lipinski definition) is 4. The van der Waals surface area contributed by atoms with Gasteiger partial charge in [0.15, 0.2) is 0 Å². The number of benzene rings is 1. The van der Waals surface area contributed by atoms with E-state index in [0.717, 1.165) is 28.1 Å². The number of rotatable bonds is 3. The van der Waals surface area contributed by atoms with Gasteiger partial charge in [-0.25, -0.2) is 4.98 Å². The Kier molecular flexibility index (Phi) is 4.01. The number of aromatic nitrogens is 4. The molecule has 25 heavy (non-hydrogen) atoms. The minimum Gasteiger partial charge on any atom is -0.377 e. The minimum atomic E-state index is -0.126. The molecule has 7 nitrogen and oxygen atoms in total. The average molecular weight is 339 g/mol. The second-order valence-corrected chi connectivity index (χ2v) is 6.38. The minimum absolute atomic E-state index is 0.0635. The summed E-state index contributed by atoms with van der Waals surface area (Å²) >= 11 is 0. The van der Waals surface area contributed by atoms with Gasteiger partial charge in [0.2, 0.25) is 5.91 Å². The number of imidazole rings is 1. The summed E-state index contributed by atoms with van der Waals surface area (Å²) in [5.74, 6) is 0.908. The van der Waals surface area contributed by atoms with Gasteiger partial charge in [-0.05, 0) is 31.5 Å². The molecule has 1 atom stereocenters. The first-order valence-electron chi connectivity index (χ1n) is 8.44. The summed E-state index contributed by atoms with van der Waals surface area (Å²) in [4.78, 5) is 19.5. The smallest absolute Gasteiger partial charge is 0.243 e. The number of fused-ring (bicyclic) bond motifs is 1. The molecule has 1 aromatic carbocycles. The van der Waals surface area contributed by atoms with Gasteiger partial charge in [0.25, 0.3) is 0 Å². The highest BCUT2D eigenvalue weighted by Crippen LogP contribution is 2.26. The molecule has 3 aromatic rings. The van der Waals surface area contributed by atoms with Crippen molar-refractivity contribution in [3.8, 4) is 0 Å². The Hall–Kier alpha value is -2.67. The number of hydrogen-bond donors (Lipinski definition) is 1. The summed E-state index contributed by atoms with van der Waals surface area (Å²) in [5, 5.41) is 7.10. The number of ether oxygens (including phenoxy) is 1. The van der Waals surface area contributed by atoms with Gasteiger partial charge in [0, 0.05) is 6.54 Å². The maximum atomic E-state index is 13.1. The Morgan fingerprint density at radius 3 is 3.00 bits per heavy atom. The van der Waals surface area contributed by atoms with Gasteiger partial charge in [0.1, 0.15) is 12.4 Å². The maximum Gasteiger partial charge on any atom is 0.243 e. The SMILES string of the molecule is Cc1cn[nH]c1C1COCCN1C(=O)Cn1c(C)nc2ccccc21. The summed E-state index contributed by atoms with van der Waals surface area (Å²) in [7, 11) is 0. The van der Waals surface area contributed by atoms with Crippen LogP contribution < -0.4 is 0 Å². The van der Waals surface area contributed by atoms with Crippen LogP contribution in [0.5, 0.6) is 0 Å². The van der Waals surface area contributed by atoms with Crippen molar-refractivity contribution in [2.45, 2.75) is 26.4 Å². The predicted octanol–water partition coefficient (Wildman–Crippen LogP) is 1.98. The van der Waals surface area contributed by atoms with E-state index in [1.165, 1.54) is 0 Å². The van der Waals surface area contributed by atoms with Crippen LogP contribution in [0.4, 0.5) is 0 Å². The average Bonchev–Trinajstić information content (AvgIpc) is 3.18. The number of carbonyl (C=O) groups excluding carboxylic acids is 1. The van der Waals surface area contributed by atoms with Gasteiger partial charge in [-0.15, -0.1) is 0 Å². The highest BCUT2D eigenvalue weighted by Gasteiger charge is 2.31. The van der Waals surface area contributed by atoms with Crippen molar-refractivity contribution in [1.29, 1.82) is 0 Å². The van der Waals surface area contributed by atoms with E-state index in [-0.39, 0.29) is 18.5 Å². The van der Waals surface area contributed by atoms with Gasteiger partial charge >= 0.3 is 0 Å². The molecule has 1 unspecified atom stereocenters. The number of aromatic amines is 1. The standard InChI is InChI=1S/C18H21N5O2/c1-12-9-19-21-18(12)16-11-25-8-7-22(16)17(24)10-23-13(2)20-14-5-3-4-6-15(14)23/h3-6,9,16H,7-8,10-11H2,1-2H3,(H,19,21). The molecule has 1 amide bonds. The Balaban J connectivity index is 1.62. The van der Waals surface area contributed by atoms with Crippen LogP contribution in [0, 0.1) is 13.8 Å². The van der Waals surface area contributed by atoms with E-state index in [4.69, 9.17) is 4.74 Å². The molecule has 3 heterocycles. The van der Waals surface area contributed by atoms with Crippen molar-refractivity contribution >= 4 is 16.9 Å². The van der Waals surface area contributed by atoms with E-state index < -0.39 is 0 Å². The van der Waals surface area contributed by atoms with Crippen molar-refractivity contribution in [3.05, 3.63) is 47.5 Å². The fraction of sp³-hybridized carbons (Fsp3) is 0.389. The van der Waals surface area contributed by atoms with Gasteiger partial charge in [-0.1, -0.05) is 12.1 Å². The highest BCUT2D eigenvalue weighted by atomic mass is 16.5. The number of aryl methyl sites for hydroxylation is 2. The van der Waals surface area contributed by atoms with Gasteiger partial charge in [0.05, 0.1) is 42.2 Å². The third kappa shape index (κ3) is 2.80. The molecule has 1 aliphatic rings. The van der Waals surface area contributed by atoms with Crippen molar-refractivity contribution < 1.29 is 9.53 Å². The molecule has 1 saturated heterocycles. The van der Waals surface area contributed by atoms with Gasteiger partial charge in [-0.3, -0.25) is 9.89 Å². The molecule has 0 spiro atoms. The van der Waals surface area contributed by atoms with Crippen LogP contribution in [0.3, 0.4) is 0 Å². The zero-order chi connectivity index (χ0) is 17.4. The van der Waals surface area contributed by atoms with Crippen molar-refractivity contribution in [1.82, 2.24) is 24.6 Å². The van der Waals surface area contributed by atoms with Crippen molar-refractivity contribution in [2.75, 3.05) is 19.8 Å². The molecule has 130 valence electrons. The molecule has 7 heteroatoms. The topological polar surface area (TPSA) is 76.0 Å². The molecule has 0 saturated carbocycles. The summed E-state index contributed by atoms with van der Waals surface area (Å²) < 4.78 is 7.59. The first-order valence-corrected chi connectivity index (χ1v) is 8.44. The normalized spacial score (nSPS) is 18.0. The van der Waals surface area contributed by atoms with Crippen molar-refractivity contribution in [3.63, 3.8) is 0 Å². The molecular formula is C18H21N5O2. The summed E-state index contributed by atoms with van der Waals surface area (Å²) in [6.07, 6.45) is 1.78. The fourth-order valence-electron chi connectivity index (χ4n) is 3.46. The van der Waals surface area contributed by atoms with Crippen molar-refractivity contribution in [2.24, 2.45) is 0 Å². The molecule has 0 aliphatic carbocycles. The summed E-state index contributed by atoms with van der Waals surface area (Å²) in [6.45, 7) is 5.81. The van der Waals surface area contributed by atoms with Crippen LogP contribution in [-0.4, -0.2) is 50.3 Å². The lowest BCUT2D eigenvalue weighted by Crippen LogP contribution is -2.45. The van der Waals surface area contributed by atoms with Crippen LogP contribution in [-0.2, 0) is 16.1 Å². The molecule has 1 aliphatic heterocycles. The Morgan fingerprint density at radius 1 is 1.36 bits per heavy atom. The number of amides is 1. The van der Waals surface area contributed by atoms with Crippen LogP contribution in [0.25, 0.3) is 11.0 Å². The molecule has 0 bridgehead atoms. The van der Waals surface area contributed by atoms with E-state index in [2.05, 4.69) is 15.2 Å². The molecule has 4 rings (SSSR count). The fourth-order valence-corrected chi connectivity index (χ4v) is 3.46. The van der Waals surface area contributed by atoms with Gasteiger partial charge < -0.3 is 14.2 Å². The number of nitrogens with one attached hydrogen (secondary N) is 1. The number of morpholine rings is 1. The molecule has 0 radical (unpaired) electrons. The van der Waals surface area contributed by atoms with Crippen LogP contribution >= 0.6 is 0 Å². The Bertz CT molecular complexity index is 913.